The molecule has 1 aromatic rings. The van der Waals surface area contributed by atoms with Crippen LogP contribution >= 0.6 is 0 Å². The van der Waals surface area contributed by atoms with Crippen molar-refractivity contribution in [1.29, 1.82) is 0 Å². The van der Waals surface area contributed by atoms with Gasteiger partial charge in [0.25, 0.3) is 0 Å². The van der Waals surface area contributed by atoms with Crippen molar-refractivity contribution >= 4 is 17.6 Å². The third kappa shape index (κ3) is 4.91. The van der Waals surface area contributed by atoms with Gasteiger partial charge in [-0.25, -0.2) is 4.79 Å². The summed E-state index contributed by atoms with van der Waals surface area (Å²) in [5.74, 6) is 0.700. The van der Waals surface area contributed by atoms with Crippen LogP contribution in [0.15, 0.2) is 24.3 Å². The normalized spacial score (nSPS) is 13.7. The van der Waals surface area contributed by atoms with E-state index in [2.05, 4.69) is 5.32 Å². The molecule has 1 aromatic carbocycles. The summed E-state index contributed by atoms with van der Waals surface area (Å²) < 4.78 is 10.1. The maximum Gasteiger partial charge on any atom is 0.344 e. The predicted molar refractivity (Wildman–Crippen MR) is 74.5 cm³/mol. The molecule has 1 fully saturated rings. The molecule has 1 amide bonds. The lowest BCUT2D eigenvalue weighted by Crippen LogP contribution is -2.15. The second-order valence-electron chi connectivity index (χ2n) is 4.82. The third-order valence-corrected chi connectivity index (χ3v) is 2.95. The highest BCUT2D eigenvalue weighted by atomic mass is 16.6. The number of esters is 1. The topological polar surface area (TPSA) is 64.6 Å². The summed E-state index contributed by atoms with van der Waals surface area (Å²) in [5.41, 5.74) is 0.678. The van der Waals surface area contributed by atoms with E-state index in [0.717, 1.165) is 12.8 Å². The maximum absolute atomic E-state index is 11.7. The zero-order valence-corrected chi connectivity index (χ0v) is 11.6. The third-order valence-electron chi connectivity index (χ3n) is 2.95. The second-order valence-corrected chi connectivity index (χ2v) is 4.82. The fourth-order valence-corrected chi connectivity index (χ4v) is 1.80. The Hall–Kier alpha value is -2.04. The van der Waals surface area contributed by atoms with Crippen molar-refractivity contribution in [2.75, 3.05) is 18.5 Å². The Kier molecular flexibility index (Phi) is 4.98. The number of nitrogens with one attached hydrogen (secondary N) is 1. The van der Waals surface area contributed by atoms with Crippen molar-refractivity contribution in [1.82, 2.24) is 0 Å². The number of hydrogen-bond donors (Lipinski definition) is 1. The lowest BCUT2D eigenvalue weighted by molar-refractivity contribution is -0.145. The van der Waals surface area contributed by atoms with Gasteiger partial charge in [0, 0.05) is 18.2 Å². The molecule has 0 aromatic heterocycles. The van der Waals surface area contributed by atoms with Crippen LogP contribution in [0, 0.1) is 5.92 Å². The van der Waals surface area contributed by atoms with E-state index in [-0.39, 0.29) is 12.5 Å². The van der Waals surface area contributed by atoms with Crippen molar-refractivity contribution in [2.24, 2.45) is 5.92 Å². The van der Waals surface area contributed by atoms with Crippen LogP contribution in [0.5, 0.6) is 5.75 Å². The molecule has 1 aliphatic carbocycles. The maximum atomic E-state index is 11.7. The van der Waals surface area contributed by atoms with E-state index < -0.39 is 5.97 Å². The molecule has 0 bridgehead atoms. The van der Waals surface area contributed by atoms with Crippen LogP contribution in [0.1, 0.15) is 26.2 Å². The molecular weight excluding hydrogens is 258 g/mol. The first kappa shape index (κ1) is 14.4. The summed E-state index contributed by atoms with van der Waals surface area (Å²) in [7, 11) is 0. The fraction of sp³-hybridized carbons (Fsp3) is 0.467. The van der Waals surface area contributed by atoms with E-state index >= 15 is 0 Å². The zero-order valence-electron chi connectivity index (χ0n) is 11.6. The van der Waals surface area contributed by atoms with Crippen molar-refractivity contribution in [3.63, 3.8) is 0 Å². The smallest absolute Gasteiger partial charge is 0.344 e. The molecule has 0 saturated heterocycles. The molecule has 1 saturated carbocycles. The molecule has 0 spiro atoms. The summed E-state index contributed by atoms with van der Waals surface area (Å²) in [6, 6.07) is 7.00. The van der Waals surface area contributed by atoms with Crippen LogP contribution in [-0.2, 0) is 14.3 Å². The Balaban J connectivity index is 1.83. The minimum absolute atomic E-state index is 0.0232. The van der Waals surface area contributed by atoms with Crippen LogP contribution in [0.3, 0.4) is 0 Å². The largest absolute Gasteiger partial charge is 0.482 e. The summed E-state index contributed by atoms with van der Waals surface area (Å²) in [5, 5.41) is 2.83. The van der Waals surface area contributed by atoms with Crippen LogP contribution < -0.4 is 10.1 Å². The van der Waals surface area contributed by atoms with Gasteiger partial charge in [0.05, 0.1) is 6.61 Å². The first-order chi connectivity index (χ1) is 9.67. The summed E-state index contributed by atoms with van der Waals surface area (Å²) in [6.45, 7) is 1.95. The molecule has 2 rings (SSSR count). The van der Waals surface area contributed by atoms with Gasteiger partial charge in [-0.2, -0.15) is 0 Å². The number of hydrogen-bond acceptors (Lipinski definition) is 4. The highest BCUT2D eigenvalue weighted by Gasteiger charge is 2.24. The lowest BCUT2D eigenvalue weighted by atomic mass is 10.2. The molecule has 0 heterocycles. The number of benzene rings is 1. The predicted octanol–water partition coefficient (Wildman–Crippen LogP) is 2.37. The SMILES string of the molecule is CCOC(=O)COc1cccc(NC(=O)CC2CC2)c1. The van der Waals surface area contributed by atoms with Gasteiger partial charge >= 0.3 is 5.97 Å². The van der Waals surface area contributed by atoms with Gasteiger partial charge in [-0.15, -0.1) is 0 Å². The highest BCUT2D eigenvalue weighted by Crippen LogP contribution is 2.32. The average Bonchev–Trinajstić information content (AvgIpc) is 3.21. The Labute approximate surface area is 118 Å². The van der Waals surface area contributed by atoms with Crippen LogP contribution in [-0.4, -0.2) is 25.1 Å². The van der Waals surface area contributed by atoms with Crippen LogP contribution in [0.2, 0.25) is 0 Å². The number of anilines is 1. The van der Waals surface area contributed by atoms with Crippen molar-refractivity contribution < 1.29 is 19.1 Å². The van der Waals surface area contributed by atoms with E-state index in [9.17, 15) is 9.59 Å². The zero-order chi connectivity index (χ0) is 14.4. The van der Waals surface area contributed by atoms with Crippen molar-refractivity contribution in [3.8, 4) is 5.75 Å². The summed E-state index contributed by atoms with van der Waals surface area (Å²) in [4.78, 5) is 22.9. The minimum Gasteiger partial charge on any atom is -0.482 e. The quantitative estimate of drug-likeness (QED) is 0.777. The van der Waals surface area contributed by atoms with Gasteiger partial charge in [0.15, 0.2) is 6.61 Å². The Morgan fingerprint density at radius 2 is 2.15 bits per heavy atom. The van der Waals surface area contributed by atoms with Crippen LogP contribution in [0.4, 0.5) is 5.69 Å². The number of amides is 1. The summed E-state index contributed by atoms with van der Waals surface area (Å²) >= 11 is 0. The van der Waals surface area contributed by atoms with E-state index in [1.165, 1.54) is 0 Å². The van der Waals surface area contributed by atoms with E-state index in [0.29, 0.717) is 30.4 Å². The molecule has 20 heavy (non-hydrogen) atoms. The first-order valence-corrected chi connectivity index (χ1v) is 6.85. The molecule has 0 atom stereocenters. The van der Waals surface area contributed by atoms with Gasteiger partial charge in [0.2, 0.25) is 5.91 Å². The van der Waals surface area contributed by atoms with E-state index in [4.69, 9.17) is 9.47 Å². The number of ether oxygens (including phenoxy) is 2. The van der Waals surface area contributed by atoms with Gasteiger partial charge in [-0.1, -0.05) is 6.07 Å². The Morgan fingerprint density at radius 3 is 2.85 bits per heavy atom. The first-order valence-electron chi connectivity index (χ1n) is 6.85. The second kappa shape index (κ2) is 6.93. The van der Waals surface area contributed by atoms with Crippen molar-refractivity contribution in [2.45, 2.75) is 26.2 Å². The number of rotatable bonds is 7. The Morgan fingerprint density at radius 1 is 1.35 bits per heavy atom. The standard InChI is InChI=1S/C15H19NO4/c1-2-19-15(18)10-20-13-5-3-4-12(9-13)16-14(17)8-11-6-7-11/h3-5,9,11H,2,6-8,10H2,1H3,(H,16,17). The molecular formula is C15H19NO4. The van der Waals surface area contributed by atoms with Gasteiger partial charge in [0.1, 0.15) is 5.75 Å². The molecule has 108 valence electrons. The average molecular weight is 277 g/mol. The molecule has 0 radical (unpaired) electrons. The van der Waals surface area contributed by atoms with E-state index in [1.807, 2.05) is 0 Å². The van der Waals surface area contributed by atoms with Crippen LogP contribution in [0.25, 0.3) is 0 Å². The molecule has 1 aliphatic rings. The highest BCUT2D eigenvalue weighted by molar-refractivity contribution is 5.91. The lowest BCUT2D eigenvalue weighted by Gasteiger charge is -2.08. The number of carbonyl (C=O) groups excluding carboxylic acids is 2. The van der Waals surface area contributed by atoms with Gasteiger partial charge < -0.3 is 14.8 Å². The number of carbonyl (C=O) groups is 2. The minimum atomic E-state index is -0.407. The van der Waals surface area contributed by atoms with Crippen molar-refractivity contribution in [3.05, 3.63) is 24.3 Å². The monoisotopic (exact) mass is 277 g/mol. The van der Waals surface area contributed by atoms with E-state index in [1.54, 1.807) is 31.2 Å². The van der Waals surface area contributed by atoms with Gasteiger partial charge in [-0.3, -0.25) is 4.79 Å². The summed E-state index contributed by atoms with van der Waals surface area (Å²) in [6.07, 6.45) is 2.88. The molecule has 0 unspecified atom stereocenters. The fourth-order valence-electron chi connectivity index (χ4n) is 1.80. The van der Waals surface area contributed by atoms with Gasteiger partial charge in [-0.05, 0) is 37.8 Å². The molecule has 0 aliphatic heterocycles. The molecule has 5 heteroatoms. The molecule has 5 nitrogen and oxygen atoms in total. The molecule has 1 N–H and O–H groups in total. The Bertz CT molecular complexity index is 483.